The summed E-state index contributed by atoms with van der Waals surface area (Å²) >= 11 is 0. The van der Waals surface area contributed by atoms with Crippen molar-refractivity contribution in [3.05, 3.63) is 78.8 Å². The Bertz CT molecular complexity index is 1830. The lowest BCUT2D eigenvalue weighted by atomic mass is 10.0. The number of H-pyrrole nitrogens is 2. The van der Waals surface area contributed by atoms with E-state index >= 15 is 4.39 Å². The molecule has 10 heteroatoms. The number of fused-ring (bicyclic) bond motifs is 2. The van der Waals surface area contributed by atoms with E-state index in [2.05, 4.69) is 35.5 Å². The maximum absolute atomic E-state index is 15.2. The van der Waals surface area contributed by atoms with Gasteiger partial charge in [-0.3, -0.25) is 19.9 Å². The van der Waals surface area contributed by atoms with E-state index in [1.54, 1.807) is 55.0 Å². The average Bonchev–Trinajstić information content (AvgIpc) is 3.54. The van der Waals surface area contributed by atoms with Crippen LogP contribution in [0.5, 0.6) is 0 Å². The molecule has 0 bridgehead atoms. The van der Waals surface area contributed by atoms with Gasteiger partial charge in [0.1, 0.15) is 34.1 Å². The first-order valence-electron chi connectivity index (χ1n) is 12.0. The second-order valence-corrected chi connectivity index (χ2v) is 8.83. The fourth-order valence-corrected chi connectivity index (χ4v) is 4.44. The Balaban J connectivity index is 1.44. The number of imidazole rings is 1. The molecule has 1 amide bonds. The number of nitrogens with zero attached hydrogens (tertiary/aromatic N) is 4. The Morgan fingerprint density at radius 3 is 2.71 bits per heavy atom. The van der Waals surface area contributed by atoms with Crippen LogP contribution in [0.25, 0.3) is 55.8 Å². The van der Waals surface area contributed by atoms with Crippen LogP contribution in [0.2, 0.25) is 0 Å². The molecule has 0 aliphatic rings. The van der Waals surface area contributed by atoms with E-state index in [4.69, 9.17) is 0 Å². The van der Waals surface area contributed by atoms with Gasteiger partial charge >= 0.3 is 0 Å². The van der Waals surface area contributed by atoms with Gasteiger partial charge in [-0.15, -0.1) is 0 Å². The van der Waals surface area contributed by atoms with Crippen LogP contribution in [-0.2, 0) is 4.79 Å². The zero-order chi connectivity index (χ0) is 26.2. The van der Waals surface area contributed by atoms with Gasteiger partial charge in [0.25, 0.3) is 0 Å². The zero-order valence-corrected chi connectivity index (χ0v) is 20.2. The van der Waals surface area contributed by atoms with Crippen molar-refractivity contribution in [2.45, 2.75) is 19.8 Å². The summed E-state index contributed by atoms with van der Waals surface area (Å²) in [7, 11) is 0. The highest BCUT2D eigenvalue weighted by Gasteiger charge is 2.19. The largest absolute Gasteiger partial charge is 0.336 e. The van der Waals surface area contributed by atoms with Gasteiger partial charge in [0, 0.05) is 35.3 Å². The molecule has 0 saturated carbocycles. The number of pyridine rings is 2. The molecule has 38 heavy (non-hydrogen) atoms. The number of hydrogen-bond donors (Lipinski definition) is 3. The monoisotopic (exact) mass is 509 g/mol. The number of hydrogen-bond acceptors (Lipinski definition) is 5. The lowest BCUT2D eigenvalue weighted by Gasteiger charge is -2.07. The van der Waals surface area contributed by atoms with Gasteiger partial charge in [0.2, 0.25) is 5.91 Å². The van der Waals surface area contributed by atoms with Crippen LogP contribution in [-0.4, -0.2) is 36.0 Å². The van der Waals surface area contributed by atoms with Gasteiger partial charge in [-0.1, -0.05) is 19.1 Å². The molecule has 0 aliphatic heterocycles. The van der Waals surface area contributed by atoms with Crippen LogP contribution in [0.1, 0.15) is 19.8 Å². The lowest BCUT2D eigenvalue weighted by Crippen LogP contribution is -2.10. The maximum Gasteiger partial charge on any atom is 0.224 e. The smallest absolute Gasteiger partial charge is 0.224 e. The van der Waals surface area contributed by atoms with E-state index in [9.17, 15) is 9.18 Å². The first kappa shape index (κ1) is 23.4. The summed E-state index contributed by atoms with van der Waals surface area (Å²) < 4.78 is 29.7. The fourth-order valence-electron chi connectivity index (χ4n) is 4.44. The predicted molar refractivity (Wildman–Crippen MR) is 141 cm³/mol. The molecule has 0 unspecified atom stereocenters. The second-order valence-electron chi connectivity index (χ2n) is 8.83. The number of carbonyl (C=O) groups is 1. The summed E-state index contributed by atoms with van der Waals surface area (Å²) in [5.74, 6) is -0.636. The molecule has 0 spiro atoms. The summed E-state index contributed by atoms with van der Waals surface area (Å²) in [6.45, 7) is 1.92. The predicted octanol–water partition coefficient (Wildman–Crippen LogP) is 6.25. The first-order chi connectivity index (χ1) is 18.5. The van der Waals surface area contributed by atoms with E-state index in [1.807, 2.05) is 6.92 Å². The van der Waals surface area contributed by atoms with Gasteiger partial charge in [0.05, 0.1) is 17.4 Å². The van der Waals surface area contributed by atoms with Crippen molar-refractivity contribution in [2.24, 2.45) is 0 Å². The van der Waals surface area contributed by atoms with Crippen LogP contribution in [0.4, 0.5) is 14.5 Å². The number of benzene rings is 2. The van der Waals surface area contributed by atoms with Crippen molar-refractivity contribution in [1.82, 2.24) is 30.1 Å². The first-order valence-corrected chi connectivity index (χ1v) is 12.0. The number of aromatic amines is 2. The molecule has 2 aromatic carbocycles. The van der Waals surface area contributed by atoms with Gasteiger partial charge in [0.15, 0.2) is 5.82 Å². The summed E-state index contributed by atoms with van der Waals surface area (Å²) in [4.78, 5) is 28.5. The molecule has 0 saturated heterocycles. The van der Waals surface area contributed by atoms with Crippen molar-refractivity contribution < 1.29 is 13.6 Å². The van der Waals surface area contributed by atoms with Gasteiger partial charge in [-0.2, -0.15) is 5.10 Å². The molecule has 188 valence electrons. The van der Waals surface area contributed by atoms with E-state index in [0.29, 0.717) is 62.4 Å². The molecular weight excluding hydrogens is 488 g/mol. The second kappa shape index (κ2) is 9.47. The molecule has 0 atom stereocenters. The number of aromatic nitrogens is 6. The quantitative estimate of drug-likeness (QED) is 0.246. The Kier molecular flexibility index (Phi) is 5.83. The van der Waals surface area contributed by atoms with Crippen molar-refractivity contribution in [1.29, 1.82) is 0 Å². The Hall–Kier alpha value is -4.99. The van der Waals surface area contributed by atoms with Crippen LogP contribution < -0.4 is 5.32 Å². The lowest BCUT2D eigenvalue weighted by molar-refractivity contribution is -0.116. The normalized spacial score (nSPS) is 11.3. The van der Waals surface area contributed by atoms with Crippen molar-refractivity contribution in [3.63, 3.8) is 0 Å². The molecule has 3 N–H and O–H groups in total. The third-order valence-electron chi connectivity index (χ3n) is 6.21. The van der Waals surface area contributed by atoms with E-state index in [1.165, 1.54) is 12.1 Å². The summed E-state index contributed by atoms with van der Waals surface area (Å²) in [5.41, 5.74) is 4.16. The van der Waals surface area contributed by atoms with Crippen LogP contribution in [0, 0.1) is 11.6 Å². The standard InChI is InChI=1S/C28H21F2N7O/c1-2-5-23(38)33-17-10-16(13-31-14-17)15-11-19-24(21(30)12-15)36-37-26(19)28-34-22-8-9-32-25(27(22)35-28)18-6-3-4-7-20(18)29/h3-4,6-14H,2,5H2,1H3,(H,33,38)(H,34,35)(H,36,37). The summed E-state index contributed by atoms with van der Waals surface area (Å²) in [6.07, 6.45) is 5.85. The van der Waals surface area contributed by atoms with Gasteiger partial charge in [-0.25, -0.2) is 13.8 Å². The minimum atomic E-state index is -0.499. The van der Waals surface area contributed by atoms with Crippen LogP contribution in [0.15, 0.2) is 67.1 Å². The molecule has 0 aliphatic carbocycles. The highest BCUT2D eigenvalue weighted by molar-refractivity contribution is 5.98. The molecular formula is C28H21F2N7O. The average molecular weight is 510 g/mol. The third-order valence-corrected chi connectivity index (χ3v) is 6.21. The number of amides is 1. The highest BCUT2D eigenvalue weighted by atomic mass is 19.1. The fraction of sp³-hybridized carbons (Fsp3) is 0.107. The minimum absolute atomic E-state index is 0.112. The van der Waals surface area contributed by atoms with Crippen molar-refractivity contribution in [2.75, 3.05) is 5.32 Å². The minimum Gasteiger partial charge on any atom is -0.336 e. The van der Waals surface area contributed by atoms with E-state index in [-0.39, 0.29) is 11.4 Å². The zero-order valence-electron chi connectivity index (χ0n) is 20.2. The Morgan fingerprint density at radius 2 is 1.87 bits per heavy atom. The topological polar surface area (TPSA) is 112 Å². The number of nitrogens with one attached hydrogen (secondary N) is 3. The van der Waals surface area contributed by atoms with Crippen LogP contribution in [0.3, 0.4) is 0 Å². The maximum atomic E-state index is 15.2. The highest BCUT2D eigenvalue weighted by Crippen LogP contribution is 2.34. The summed E-state index contributed by atoms with van der Waals surface area (Å²) in [6, 6.07) is 13.0. The Morgan fingerprint density at radius 1 is 1.00 bits per heavy atom. The molecule has 4 aromatic heterocycles. The molecule has 0 fully saturated rings. The molecule has 6 rings (SSSR count). The Labute approximate surface area is 215 Å². The number of carbonyl (C=O) groups excluding carboxylic acids is 1. The van der Waals surface area contributed by atoms with Gasteiger partial charge < -0.3 is 10.3 Å². The van der Waals surface area contributed by atoms with Crippen molar-refractivity contribution >= 4 is 33.5 Å². The molecule has 8 nitrogen and oxygen atoms in total. The third kappa shape index (κ3) is 4.15. The van der Waals surface area contributed by atoms with E-state index in [0.717, 1.165) is 6.42 Å². The SMILES string of the molecule is CCCC(=O)Nc1cncc(-c2cc(F)c3[nH]nc(-c4nc5c(-c6ccccc6F)nccc5[nH]4)c3c2)c1. The number of rotatable bonds is 6. The summed E-state index contributed by atoms with van der Waals surface area (Å²) in [5, 5.41) is 10.4. The molecule has 4 heterocycles. The molecule has 0 radical (unpaired) electrons. The number of anilines is 1. The van der Waals surface area contributed by atoms with Crippen LogP contribution >= 0.6 is 0 Å². The molecule has 6 aromatic rings. The number of halogens is 2. The van der Waals surface area contributed by atoms with Crippen molar-refractivity contribution in [3.8, 4) is 33.9 Å². The van der Waals surface area contributed by atoms with Gasteiger partial charge in [-0.05, 0) is 48.4 Å². The van der Waals surface area contributed by atoms with E-state index < -0.39 is 11.6 Å².